The zero-order valence-electron chi connectivity index (χ0n) is 10.7. The van der Waals surface area contributed by atoms with Crippen molar-refractivity contribution < 1.29 is 23.1 Å². The maximum atomic E-state index is 12.0. The molecule has 7 nitrogen and oxygen atoms in total. The van der Waals surface area contributed by atoms with Crippen LogP contribution < -0.4 is 9.46 Å². The van der Waals surface area contributed by atoms with Gasteiger partial charge in [0.05, 0.1) is 13.3 Å². The molecular weight excluding hydrogens is 272 g/mol. The summed E-state index contributed by atoms with van der Waals surface area (Å²) in [7, 11) is -2.55. The molecule has 1 aromatic heterocycles. The van der Waals surface area contributed by atoms with Crippen LogP contribution in [0.5, 0.6) is 5.75 Å². The number of nitrogens with zero attached hydrogens (tertiary/aromatic N) is 1. The highest BCUT2D eigenvalue weighted by Crippen LogP contribution is 2.15. The molecule has 0 fully saturated rings. The summed E-state index contributed by atoms with van der Waals surface area (Å²) in [5.41, 5.74) is 0. The van der Waals surface area contributed by atoms with Gasteiger partial charge in [0, 0.05) is 12.3 Å². The van der Waals surface area contributed by atoms with Gasteiger partial charge in [-0.05, 0) is 6.42 Å². The molecule has 1 atom stereocenters. The Bertz CT molecular complexity index is 544. The molecular formula is C11H16N2O5S. The van der Waals surface area contributed by atoms with E-state index >= 15 is 0 Å². The number of sulfonamides is 1. The van der Waals surface area contributed by atoms with Crippen molar-refractivity contribution in [2.24, 2.45) is 0 Å². The first-order valence-electron chi connectivity index (χ1n) is 5.65. The summed E-state index contributed by atoms with van der Waals surface area (Å²) in [6.45, 7) is 1.78. The van der Waals surface area contributed by atoms with Gasteiger partial charge in [-0.3, -0.25) is 9.78 Å². The third-order valence-electron chi connectivity index (χ3n) is 2.41. The van der Waals surface area contributed by atoms with Gasteiger partial charge in [-0.1, -0.05) is 13.3 Å². The minimum Gasteiger partial charge on any atom is -0.495 e. The van der Waals surface area contributed by atoms with Crippen LogP contribution in [-0.2, 0) is 14.8 Å². The number of carboxylic acid groups (broad SMARTS) is 1. The molecule has 1 aromatic rings. The molecule has 1 rings (SSSR count). The van der Waals surface area contributed by atoms with Gasteiger partial charge in [0.15, 0.2) is 0 Å². The molecule has 8 heteroatoms. The Morgan fingerprint density at radius 1 is 1.53 bits per heavy atom. The Morgan fingerprint density at radius 3 is 2.74 bits per heavy atom. The van der Waals surface area contributed by atoms with Crippen LogP contribution in [0.2, 0.25) is 0 Å². The Balaban J connectivity index is 2.99. The fraction of sp³-hybridized carbons (Fsp3) is 0.455. The lowest BCUT2D eigenvalue weighted by Crippen LogP contribution is -2.40. The Kier molecular flexibility index (Phi) is 5.25. The zero-order valence-corrected chi connectivity index (χ0v) is 11.5. The van der Waals surface area contributed by atoms with E-state index in [1.54, 1.807) is 6.92 Å². The van der Waals surface area contributed by atoms with Crippen molar-refractivity contribution in [1.29, 1.82) is 0 Å². The Labute approximate surface area is 111 Å². The van der Waals surface area contributed by atoms with Gasteiger partial charge >= 0.3 is 5.97 Å². The van der Waals surface area contributed by atoms with Crippen molar-refractivity contribution in [3.8, 4) is 5.75 Å². The number of pyridine rings is 1. The summed E-state index contributed by atoms with van der Waals surface area (Å²) in [5.74, 6) is -0.925. The predicted octanol–water partition coefficient (Wildman–Crippen LogP) is 0.622. The van der Waals surface area contributed by atoms with Crippen LogP contribution >= 0.6 is 0 Å². The molecule has 1 heterocycles. The standard InChI is InChI=1S/C11H16N2O5S/c1-3-4-10(11(14)15)13-19(16,17)9-5-8(18-2)6-12-7-9/h5-7,10,13H,3-4H2,1-2H3,(H,14,15). The summed E-state index contributed by atoms with van der Waals surface area (Å²) in [5, 5.41) is 8.95. The second-order valence-electron chi connectivity index (χ2n) is 3.86. The van der Waals surface area contributed by atoms with E-state index in [1.165, 1.54) is 19.4 Å². The Morgan fingerprint density at radius 2 is 2.21 bits per heavy atom. The number of aliphatic carboxylic acids is 1. The minimum atomic E-state index is -3.93. The van der Waals surface area contributed by atoms with E-state index in [0.717, 1.165) is 6.20 Å². The smallest absolute Gasteiger partial charge is 0.321 e. The van der Waals surface area contributed by atoms with E-state index in [9.17, 15) is 13.2 Å². The number of carboxylic acids is 1. The minimum absolute atomic E-state index is 0.130. The highest BCUT2D eigenvalue weighted by molar-refractivity contribution is 7.89. The first-order valence-corrected chi connectivity index (χ1v) is 7.13. The molecule has 0 spiro atoms. The van der Waals surface area contributed by atoms with Gasteiger partial charge in [-0.25, -0.2) is 8.42 Å². The average molecular weight is 288 g/mol. The molecule has 0 amide bonds. The molecule has 0 aromatic carbocycles. The number of ether oxygens (including phenoxy) is 1. The van der Waals surface area contributed by atoms with Gasteiger partial charge in [0.2, 0.25) is 10.0 Å². The van der Waals surface area contributed by atoms with Crippen molar-refractivity contribution in [2.45, 2.75) is 30.7 Å². The molecule has 0 radical (unpaired) electrons. The van der Waals surface area contributed by atoms with E-state index < -0.39 is 22.0 Å². The molecule has 19 heavy (non-hydrogen) atoms. The second kappa shape index (κ2) is 6.48. The molecule has 2 N–H and O–H groups in total. The van der Waals surface area contributed by atoms with E-state index in [0.29, 0.717) is 6.42 Å². The quantitative estimate of drug-likeness (QED) is 0.762. The number of carbonyl (C=O) groups is 1. The SMILES string of the molecule is CCCC(NS(=O)(=O)c1cncc(OC)c1)C(=O)O. The van der Waals surface area contributed by atoms with Crippen molar-refractivity contribution >= 4 is 16.0 Å². The molecule has 0 aliphatic heterocycles. The van der Waals surface area contributed by atoms with Crippen LogP contribution in [0.3, 0.4) is 0 Å². The van der Waals surface area contributed by atoms with Crippen LogP contribution in [0.15, 0.2) is 23.4 Å². The van der Waals surface area contributed by atoms with Gasteiger partial charge in [-0.2, -0.15) is 4.72 Å². The predicted molar refractivity (Wildman–Crippen MR) is 67.4 cm³/mol. The normalized spacial score (nSPS) is 12.9. The van der Waals surface area contributed by atoms with E-state index in [-0.39, 0.29) is 17.1 Å². The topological polar surface area (TPSA) is 106 Å². The first-order chi connectivity index (χ1) is 8.90. The van der Waals surface area contributed by atoms with Gasteiger partial charge in [0.25, 0.3) is 0 Å². The molecule has 106 valence electrons. The number of aromatic nitrogens is 1. The zero-order chi connectivity index (χ0) is 14.5. The largest absolute Gasteiger partial charge is 0.495 e. The van der Waals surface area contributed by atoms with Crippen LogP contribution in [0.25, 0.3) is 0 Å². The summed E-state index contributed by atoms with van der Waals surface area (Å²) >= 11 is 0. The number of methoxy groups -OCH3 is 1. The second-order valence-corrected chi connectivity index (χ2v) is 5.58. The first kappa shape index (κ1) is 15.4. The van der Waals surface area contributed by atoms with Crippen LogP contribution in [0, 0.1) is 0 Å². The lowest BCUT2D eigenvalue weighted by atomic mass is 10.2. The van der Waals surface area contributed by atoms with E-state index in [2.05, 4.69) is 9.71 Å². The Hall–Kier alpha value is -1.67. The van der Waals surface area contributed by atoms with Crippen molar-refractivity contribution in [2.75, 3.05) is 7.11 Å². The molecule has 1 unspecified atom stereocenters. The molecule has 0 saturated carbocycles. The lowest BCUT2D eigenvalue weighted by molar-refractivity contribution is -0.139. The van der Waals surface area contributed by atoms with Gasteiger partial charge in [0.1, 0.15) is 16.7 Å². The third-order valence-corrected chi connectivity index (χ3v) is 3.85. The highest BCUT2D eigenvalue weighted by Gasteiger charge is 2.25. The molecule has 0 aliphatic carbocycles. The van der Waals surface area contributed by atoms with Crippen LogP contribution in [-0.4, -0.2) is 37.6 Å². The monoisotopic (exact) mass is 288 g/mol. The summed E-state index contributed by atoms with van der Waals surface area (Å²) in [4.78, 5) is 14.6. The molecule has 0 bridgehead atoms. The van der Waals surface area contributed by atoms with Crippen LogP contribution in [0.1, 0.15) is 19.8 Å². The molecule has 0 aliphatic rings. The van der Waals surface area contributed by atoms with Gasteiger partial charge < -0.3 is 9.84 Å². The lowest BCUT2D eigenvalue weighted by Gasteiger charge is -2.14. The number of nitrogens with one attached hydrogen (secondary N) is 1. The van der Waals surface area contributed by atoms with Crippen molar-refractivity contribution in [1.82, 2.24) is 9.71 Å². The average Bonchev–Trinajstić information content (AvgIpc) is 2.38. The maximum absolute atomic E-state index is 12.0. The van der Waals surface area contributed by atoms with Crippen molar-refractivity contribution in [3.63, 3.8) is 0 Å². The summed E-state index contributed by atoms with van der Waals surface area (Å²) in [6, 6.07) is 0.126. The van der Waals surface area contributed by atoms with Crippen LogP contribution in [0.4, 0.5) is 0 Å². The van der Waals surface area contributed by atoms with Gasteiger partial charge in [-0.15, -0.1) is 0 Å². The number of rotatable bonds is 7. The summed E-state index contributed by atoms with van der Waals surface area (Å²) < 4.78 is 31.1. The maximum Gasteiger partial charge on any atom is 0.321 e. The fourth-order valence-electron chi connectivity index (χ4n) is 1.43. The number of hydrogen-bond acceptors (Lipinski definition) is 5. The number of hydrogen-bond donors (Lipinski definition) is 2. The van der Waals surface area contributed by atoms with E-state index in [1.807, 2.05) is 0 Å². The highest BCUT2D eigenvalue weighted by atomic mass is 32.2. The third kappa shape index (κ3) is 4.18. The van der Waals surface area contributed by atoms with Crippen molar-refractivity contribution in [3.05, 3.63) is 18.5 Å². The van der Waals surface area contributed by atoms with E-state index in [4.69, 9.17) is 9.84 Å². The fourth-order valence-corrected chi connectivity index (χ4v) is 2.63. The summed E-state index contributed by atoms with van der Waals surface area (Å²) in [6.07, 6.45) is 3.26. The molecule has 0 saturated heterocycles.